The summed E-state index contributed by atoms with van der Waals surface area (Å²) >= 11 is 5.58. The van der Waals surface area contributed by atoms with E-state index in [2.05, 4.69) is 9.82 Å². The molecule has 0 amide bonds. The van der Waals surface area contributed by atoms with E-state index in [1.807, 2.05) is 30.3 Å². The molecule has 0 spiro atoms. The van der Waals surface area contributed by atoms with Gasteiger partial charge in [-0.1, -0.05) is 29.8 Å². The van der Waals surface area contributed by atoms with Gasteiger partial charge in [0.1, 0.15) is 0 Å². The highest BCUT2D eigenvalue weighted by Gasteiger charge is 2.37. The van der Waals surface area contributed by atoms with Crippen LogP contribution in [0.3, 0.4) is 0 Å². The fourth-order valence-electron chi connectivity index (χ4n) is 2.39. The van der Waals surface area contributed by atoms with E-state index in [1.165, 1.54) is 10.9 Å². The zero-order chi connectivity index (χ0) is 19.7. The minimum atomic E-state index is -4.85. The molecule has 0 aliphatic heterocycles. The van der Waals surface area contributed by atoms with Crippen molar-refractivity contribution in [2.45, 2.75) is 17.6 Å². The number of sulfonamides is 1. The fourth-order valence-corrected chi connectivity index (χ4v) is 3.78. The average Bonchev–Trinajstić information content (AvgIpc) is 3.09. The smallest absolute Gasteiger partial charge is 0.241 e. The molecule has 0 radical (unpaired) electrons. The second kappa shape index (κ2) is 7.34. The van der Waals surface area contributed by atoms with E-state index < -0.39 is 26.7 Å². The lowest BCUT2D eigenvalue weighted by atomic mass is 10.2. The Balaban J connectivity index is 1.82. The zero-order valence-electron chi connectivity index (χ0n) is 13.6. The van der Waals surface area contributed by atoms with Gasteiger partial charge in [0, 0.05) is 23.3 Å². The number of nitrogens with one attached hydrogen (secondary N) is 1. The molecule has 2 aromatic carbocycles. The molecule has 5 nitrogen and oxygen atoms in total. The summed E-state index contributed by atoms with van der Waals surface area (Å²) in [7, 11) is -4.41. The van der Waals surface area contributed by atoms with Crippen molar-refractivity contribution in [1.82, 2.24) is 14.5 Å². The third-order valence-corrected chi connectivity index (χ3v) is 5.35. The normalized spacial score (nSPS) is 12.3. The Hall–Kier alpha value is -2.36. The SMILES string of the molecule is O=S(=O)(NCc1cnn(-c2ccccc2)c1)c1ccc(Cl)cc1C(F)(F)F. The number of nitrogens with zero attached hydrogens (tertiary/aromatic N) is 2. The van der Waals surface area contributed by atoms with E-state index in [9.17, 15) is 21.6 Å². The first kappa shape index (κ1) is 19.4. The lowest BCUT2D eigenvalue weighted by Gasteiger charge is -2.14. The third kappa shape index (κ3) is 4.49. The Morgan fingerprint density at radius 2 is 1.81 bits per heavy atom. The van der Waals surface area contributed by atoms with Crippen molar-refractivity contribution in [2.75, 3.05) is 0 Å². The maximum atomic E-state index is 13.1. The van der Waals surface area contributed by atoms with Gasteiger partial charge in [0.2, 0.25) is 10.0 Å². The van der Waals surface area contributed by atoms with Crippen LogP contribution < -0.4 is 4.72 Å². The maximum Gasteiger partial charge on any atom is 0.417 e. The van der Waals surface area contributed by atoms with Gasteiger partial charge in [0.05, 0.1) is 22.3 Å². The minimum Gasteiger partial charge on any atom is -0.241 e. The first-order valence-corrected chi connectivity index (χ1v) is 9.48. The topological polar surface area (TPSA) is 64.0 Å². The molecular weight excluding hydrogens is 403 g/mol. The van der Waals surface area contributed by atoms with E-state index in [1.54, 1.807) is 6.20 Å². The number of hydrogen-bond donors (Lipinski definition) is 1. The Kier molecular flexibility index (Phi) is 5.27. The summed E-state index contributed by atoms with van der Waals surface area (Å²) in [4.78, 5) is -0.880. The van der Waals surface area contributed by atoms with Crippen molar-refractivity contribution in [3.05, 3.63) is 77.1 Å². The van der Waals surface area contributed by atoms with Crippen LogP contribution in [0.2, 0.25) is 5.02 Å². The molecule has 0 saturated heterocycles. The summed E-state index contributed by atoms with van der Waals surface area (Å²) in [5.74, 6) is 0. The van der Waals surface area contributed by atoms with Gasteiger partial charge in [-0.05, 0) is 30.3 Å². The Bertz CT molecular complexity index is 1050. The van der Waals surface area contributed by atoms with Crippen molar-refractivity contribution < 1.29 is 21.6 Å². The quantitative estimate of drug-likeness (QED) is 0.684. The predicted octanol–water partition coefficient (Wildman–Crippen LogP) is 4.02. The van der Waals surface area contributed by atoms with Gasteiger partial charge in [-0.15, -0.1) is 0 Å². The van der Waals surface area contributed by atoms with Gasteiger partial charge >= 0.3 is 6.18 Å². The molecule has 0 bridgehead atoms. The molecule has 0 aliphatic carbocycles. The number of aromatic nitrogens is 2. The number of para-hydroxylation sites is 1. The second-order valence-corrected chi connectivity index (χ2v) is 7.76. The second-order valence-electron chi connectivity index (χ2n) is 5.59. The highest BCUT2D eigenvalue weighted by molar-refractivity contribution is 7.89. The van der Waals surface area contributed by atoms with Crippen LogP contribution in [0, 0.1) is 0 Å². The summed E-state index contributed by atoms with van der Waals surface area (Å²) in [6, 6.07) is 11.6. The molecule has 0 aliphatic rings. The van der Waals surface area contributed by atoms with Crippen LogP contribution in [0.5, 0.6) is 0 Å². The minimum absolute atomic E-state index is 0.203. The van der Waals surface area contributed by atoms with Crippen molar-refractivity contribution in [2.24, 2.45) is 0 Å². The molecule has 0 fully saturated rings. The Morgan fingerprint density at radius 3 is 2.48 bits per heavy atom. The third-order valence-electron chi connectivity index (χ3n) is 3.66. The van der Waals surface area contributed by atoms with Gasteiger partial charge < -0.3 is 0 Å². The zero-order valence-corrected chi connectivity index (χ0v) is 15.2. The van der Waals surface area contributed by atoms with Gasteiger partial charge in [-0.3, -0.25) is 0 Å². The Labute approximate surface area is 158 Å². The molecule has 3 aromatic rings. The van der Waals surface area contributed by atoms with E-state index in [4.69, 9.17) is 11.6 Å². The monoisotopic (exact) mass is 415 g/mol. The largest absolute Gasteiger partial charge is 0.417 e. The molecule has 1 heterocycles. The molecule has 10 heteroatoms. The van der Waals surface area contributed by atoms with Crippen LogP contribution in [0.4, 0.5) is 13.2 Å². The van der Waals surface area contributed by atoms with Crippen molar-refractivity contribution >= 4 is 21.6 Å². The standard InChI is InChI=1S/C17H13ClF3N3O2S/c18-13-6-7-16(15(8-13)17(19,20)21)27(25,26)23-10-12-9-22-24(11-12)14-4-2-1-3-5-14/h1-9,11,23H,10H2. The average molecular weight is 416 g/mol. The number of hydrogen-bond acceptors (Lipinski definition) is 3. The van der Waals surface area contributed by atoms with Gasteiger partial charge in [0.15, 0.2) is 0 Å². The highest BCUT2D eigenvalue weighted by Crippen LogP contribution is 2.35. The van der Waals surface area contributed by atoms with Crippen LogP contribution in [0.25, 0.3) is 5.69 Å². The lowest BCUT2D eigenvalue weighted by Crippen LogP contribution is -2.26. The van der Waals surface area contributed by atoms with Crippen molar-refractivity contribution in [3.63, 3.8) is 0 Å². The van der Waals surface area contributed by atoms with Gasteiger partial charge in [-0.25, -0.2) is 17.8 Å². The van der Waals surface area contributed by atoms with E-state index in [0.29, 0.717) is 11.6 Å². The van der Waals surface area contributed by atoms with E-state index in [0.717, 1.165) is 17.8 Å². The van der Waals surface area contributed by atoms with Crippen LogP contribution in [0.1, 0.15) is 11.1 Å². The molecule has 3 rings (SSSR count). The Morgan fingerprint density at radius 1 is 1.11 bits per heavy atom. The summed E-state index contributed by atoms with van der Waals surface area (Å²) in [6.45, 7) is -0.213. The van der Waals surface area contributed by atoms with Crippen LogP contribution in [0.15, 0.2) is 65.8 Å². The van der Waals surface area contributed by atoms with Crippen molar-refractivity contribution in [3.8, 4) is 5.69 Å². The van der Waals surface area contributed by atoms with Gasteiger partial charge in [-0.2, -0.15) is 18.3 Å². The van der Waals surface area contributed by atoms with Crippen LogP contribution in [-0.4, -0.2) is 18.2 Å². The molecule has 0 saturated carbocycles. The summed E-state index contributed by atoms with van der Waals surface area (Å²) in [5.41, 5.74) is -0.0592. The highest BCUT2D eigenvalue weighted by atomic mass is 35.5. The molecular formula is C17H13ClF3N3O2S. The first-order chi connectivity index (χ1) is 12.7. The molecule has 0 unspecified atom stereocenters. The van der Waals surface area contributed by atoms with Crippen LogP contribution in [-0.2, 0) is 22.7 Å². The summed E-state index contributed by atoms with van der Waals surface area (Å²) < 4.78 is 67.9. The molecule has 1 aromatic heterocycles. The van der Waals surface area contributed by atoms with Gasteiger partial charge in [0.25, 0.3) is 0 Å². The maximum absolute atomic E-state index is 13.1. The van der Waals surface area contributed by atoms with E-state index in [-0.39, 0.29) is 11.6 Å². The summed E-state index contributed by atoms with van der Waals surface area (Å²) in [6.07, 6.45) is -1.83. The van der Waals surface area contributed by atoms with Crippen LogP contribution >= 0.6 is 11.6 Å². The summed E-state index contributed by atoms with van der Waals surface area (Å²) in [5, 5.41) is 3.91. The molecule has 27 heavy (non-hydrogen) atoms. The molecule has 142 valence electrons. The van der Waals surface area contributed by atoms with E-state index >= 15 is 0 Å². The molecule has 1 N–H and O–H groups in total. The van der Waals surface area contributed by atoms with Crippen molar-refractivity contribution in [1.29, 1.82) is 0 Å². The predicted molar refractivity (Wildman–Crippen MR) is 94.0 cm³/mol. The first-order valence-electron chi connectivity index (χ1n) is 7.62. The fraction of sp³-hybridized carbons (Fsp3) is 0.118. The molecule has 0 atom stereocenters. The number of halogens is 4. The number of benzene rings is 2. The number of rotatable bonds is 5. The lowest BCUT2D eigenvalue weighted by molar-refractivity contribution is -0.139. The number of alkyl halides is 3.